The molecule has 0 aliphatic rings. The molecule has 0 atom stereocenters. The van der Waals surface area contributed by atoms with E-state index in [2.05, 4.69) is 21.6 Å². The highest BCUT2D eigenvalue weighted by molar-refractivity contribution is 6.03. The van der Waals surface area contributed by atoms with Crippen LogP contribution in [0.2, 0.25) is 0 Å². The maximum absolute atomic E-state index is 12.5. The third kappa shape index (κ3) is 3.93. The summed E-state index contributed by atoms with van der Waals surface area (Å²) in [7, 11) is 0. The molecule has 26 heavy (non-hydrogen) atoms. The van der Waals surface area contributed by atoms with E-state index < -0.39 is 0 Å². The number of carbonyl (C=O) groups excluding carboxylic acids is 1. The van der Waals surface area contributed by atoms with Gasteiger partial charge in [-0.25, -0.2) is 0 Å². The van der Waals surface area contributed by atoms with Crippen molar-refractivity contribution in [1.29, 1.82) is 0 Å². The predicted molar refractivity (Wildman–Crippen MR) is 97.3 cm³/mol. The topological polar surface area (TPSA) is 82.2 Å². The van der Waals surface area contributed by atoms with Gasteiger partial charge in [0, 0.05) is 12.7 Å². The molecule has 7 heteroatoms. The highest BCUT2D eigenvalue weighted by atomic mass is 16.5. The van der Waals surface area contributed by atoms with Gasteiger partial charge in [0.2, 0.25) is 0 Å². The zero-order valence-electron chi connectivity index (χ0n) is 15.4. The molecule has 0 saturated heterocycles. The quantitative estimate of drug-likeness (QED) is 0.731. The maximum Gasteiger partial charge on any atom is 0.278 e. The number of amides is 1. The number of carbonyl (C=O) groups is 1. The summed E-state index contributed by atoms with van der Waals surface area (Å²) in [4.78, 5) is 12.5. The molecule has 1 N–H and O–H groups in total. The lowest BCUT2D eigenvalue weighted by molar-refractivity contribution is 0.101. The number of aromatic nitrogens is 3. The van der Waals surface area contributed by atoms with Gasteiger partial charge in [-0.3, -0.25) is 9.48 Å². The Kier molecular flexibility index (Phi) is 5.06. The van der Waals surface area contributed by atoms with E-state index in [0.29, 0.717) is 17.0 Å². The summed E-state index contributed by atoms with van der Waals surface area (Å²) < 4.78 is 12.8. The van der Waals surface area contributed by atoms with E-state index in [1.807, 2.05) is 32.9 Å². The fourth-order valence-electron chi connectivity index (χ4n) is 2.70. The monoisotopic (exact) mass is 354 g/mol. The van der Waals surface area contributed by atoms with Crippen LogP contribution in [0.1, 0.15) is 39.9 Å². The van der Waals surface area contributed by atoms with E-state index in [4.69, 9.17) is 9.26 Å². The van der Waals surface area contributed by atoms with Crippen molar-refractivity contribution < 1.29 is 14.1 Å². The highest BCUT2D eigenvalue weighted by Gasteiger charge is 2.21. The number of nitrogens with zero attached hydrogens (tertiary/aromatic N) is 3. The Balaban J connectivity index is 1.74. The van der Waals surface area contributed by atoms with Gasteiger partial charge in [-0.1, -0.05) is 11.2 Å². The van der Waals surface area contributed by atoms with Crippen LogP contribution in [-0.4, -0.2) is 20.8 Å². The Morgan fingerprint density at radius 3 is 2.62 bits per heavy atom. The van der Waals surface area contributed by atoms with Crippen molar-refractivity contribution in [3.05, 3.63) is 58.7 Å². The van der Waals surface area contributed by atoms with Gasteiger partial charge in [0.25, 0.3) is 5.91 Å². The number of hydrogen-bond acceptors (Lipinski definition) is 5. The van der Waals surface area contributed by atoms with Crippen LogP contribution < -0.4 is 10.1 Å². The third-order valence-electron chi connectivity index (χ3n) is 3.99. The van der Waals surface area contributed by atoms with Gasteiger partial charge in [0.1, 0.15) is 18.1 Å². The van der Waals surface area contributed by atoms with Crippen LogP contribution in [0.3, 0.4) is 0 Å². The first-order valence-electron chi connectivity index (χ1n) is 8.46. The number of anilines is 1. The predicted octanol–water partition coefficient (Wildman–Crippen LogP) is 3.65. The average Bonchev–Trinajstić information content (AvgIpc) is 3.18. The molecule has 2 heterocycles. The number of aryl methyl sites for hydroxylation is 4. The van der Waals surface area contributed by atoms with Crippen molar-refractivity contribution in [2.75, 3.05) is 5.32 Å². The molecule has 0 unspecified atom stereocenters. The molecule has 3 rings (SSSR count). The second-order valence-electron chi connectivity index (χ2n) is 6.22. The van der Waals surface area contributed by atoms with Gasteiger partial charge in [0.05, 0.1) is 17.4 Å². The molecule has 0 aliphatic heterocycles. The van der Waals surface area contributed by atoms with Gasteiger partial charge >= 0.3 is 0 Å². The number of hydrogen-bond donors (Lipinski definition) is 1. The molecule has 3 aromatic rings. The summed E-state index contributed by atoms with van der Waals surface area (Å²) in [5, 5.41) is 10.8. The van der Waals surface area contributed by atoms with E-state index in [9.17, 15) is 4.79 Å². The fraction of sp³-hybridized carbons (Fsp3) is 0.316. The van der Waals surface area contributed by atoms with E-state index >= 15 is 0 Å². The second-order valence-corrected chi connectivity index (χ2v) is 6.22. The molecule has 7 nitrogen and oxygen atoms in total. The Hall–Kier alpha value is -3.09. The number of nitrogens with one attached hydrogen (secondary N) is 1. The third-order valence-corrected chi connectivity index (χ3v) is 3.99. The van der Waals surface area contributed by atoms with E-state index in [1.165, 1.54) is 0 Å². The minimum absolute atomic E-state index is 0.204. The van der Waals surface area contributed by atoms with Crippen LogP contribution in [0.5, 0.6) is 5.75 Å². The van der Waals surface area contributed by atoms with Gasteiger partial charge in [-0.05, 0) is 51.0 Å². The molecule has 0 bridgehead atoms. The minimum Gasteiger partial charge on any atom is -0.489 e. The number of ether oxygens (including phenoxy) is 1. The summed E-state index contributed by atoms with van der Waals surface area (Å²) in [6, 6.07) is 5.98. The van der Waals surface area contributed by atoms with Crippen molar-refractivity contribution in [1.82, 2.24) is 14.9 Å². The molecule has 0 radical (unpaired) electrons. The zero-order chi connectivity index (χ0) is 18.7. The van der Waals surface area contributed by atoms with Gasteiger partial charge < -0.3 is 14.6 Å². The van der Waals surface area contributed by atoms with Gasteiger partial charge in [-0.2, -0.15) is 5.10 Å². The Labute approximate surface area is 151 Å². The molecule has 0 aliphatic carbocycles. The van der Waals surface area contributed by atoms with Crippen LogP contribution in [0.25, 0.3) is 0 Å². The lowest BCUT2D eigenvalue weighted by atomic mass is 10.1. The minimum atomic E-state index is -0.350. The van der Waals surface area contributed by atoms with Crippen LogP contribution in [-0.2, 0) is 13.2 Å². The van der Waals surface area contributed by atoms with Crippen molar-refractivity contribution in [2.24, 2.45) is 0 Å². The number of benzene rings is 1. The van der Waals surface area contributed by atoms with Gasteiger partial charge in [0.15, 0.2) is 5.69 Å². The second kappa shape index (κ2) is 7.43. The van der Waals surface area contributed by atoms with Crippen molar-refractivity contribution in [3.63, 3.8) is 0 Å². The smallest absolute Gasteiger partial charge is 0.278 e. The largest absolute Gasteiger partial charge is 0.489 e. The van der Waals surface area contributed by atoms with Gasteiger partial charge in [-0.15, -0.1) is 0 Å². The van der Waals surface area contributed by atoms with Crippen LogP contribution in [0, 0.1) is 20.8 Å². The standard InChI is InChI=1S/C19H22N4O3/c1-5-23-10-15(9-20-23)21-19(24)18-17(14(4)26-22-18)11-25-16-7-12(2)6-13(3)8-16/h6-10H,5,11H2,1-4H3,(H,21,24). The lowest BCUT2D eigenvalue weighted by Crippen LogP contribution is -2.15. The first-order chi connectivity index (χ1) is 12.5. The molecular weight excluding hydrogens is 332 g/mol. The summed E-state index contributed by atoms with van der Waals surface area (Å²) in [5.74, 6) is 0.957. The van der Waals surface area contributed by atoms with Crippen LogP contribution >= 0.6 is 0 Å². The fourth-order valence-corrected chi connectivity index (χ4v) is 2.70. The molecule has 2 aromatic heterocycles. The Bertz CT molecular complexity index is 907. The summed E-state index contributed by atoms with van der Waals surface area (Å²) in [6.07, 6.45) is 3.36. The first-order valence-corrected chi connectivity index (χ1v) is 8.46. The van der Waals surface area contributed by atoms with Crippen LogP contribution in [0.15, 0.2) is 35.1 Å². The molecule has 136 valence electrons. The van der Waals surface area contributed by atoms with E-state index in [0.717, 1.165) is 23.4 Å². The molecule has 0 saturated carbocycles. The number of rotatable bonds is 6. The maximum atomic E-state index is 12.5. The molecule has 0 spiro atoms. The normalized spacial score (nSPS) is 10.8. The SMILES string of the molecule is CCn1cc(NC(=O)c2noc(C)c2COc2cc(C)cc(C)c2)cn1. The van der Waals surface area contributed by atoms with Crippen LogP contribution in [0.4, 0.5) is 5.69 Å². The Morgan fingerprint density at radius 1 is 1.23 bits per heavy atom. The molecule has 0 fully saturated rings. The van der Waals surface area contributed by atoms with Crippen molar-refractivity contribution >= 4 is 11.6 Å². The molecular formula is C19H22N4O3. The zero-order valence-corrected chi connectivity index (χ0v) is 15.4. The van der Waals surface area contributed by atoms with E-state index in [1.54, 1.807) is 24.0 Å². The Morgan fingerprint density at radius 2 is 1.96 bits per heavy atom. The molecule has 1 aromatic carbocycles. The van der Waals surface area contributed by atoms with E-state index in [-0.39, 0.29) is 18.2 Å². The molecule has 1 amide bonds. The average molecular weight is 354 g/mol. The van der Waals surface area contributed by atoms with Crippen molar-refractivity contribution in [3.8, 4) is 5.75 Å². The summed E-state index contributed by atoms with van der Waals surface area (Å²) in [5.41, 5.74) is 3.69. The van der Waals surface area contributed by atoms with Crippen molar-refractivity contribution in [2.45, 2.75) is 40.8 Å². The first kappa shape index (κ1) is 17.7. The lowest BCUT2D eigenvalue weighted by Gasteiger charge is -2.08. The summed E-state index contributed by atoms with van der Waals surface area (Å²) in [6.45, 7) is 8.70. The highest BCUT2D eigenvalue weighted by Crippen LogP contribution is 2.21. The summed E-state index contributed by atoms with van der Waals surface area (Å²) >= 11 is 0.